The molecule has 1 aliphatic carbocycles. The molecule has 1 saturated carbocycles. The maximum Gasteiger partial charge on any atom is 0.170 e. The number of hydrogen-bond donors (Lipinski definition) is 0. The Bertz CT molecular complexity index is 253. The summed E-state index contributed by atoms with van der Waals surface area (Å²) in [5.41, 5.74) is 0. The van der Waals surface area contributed by atoms with Crippen LogP contribution in [0.3, 0.4) is 0 Å². The summed E-state index contributed by atoms with van der Waals surface area (Å²) in [6.07, 6.45) is 7.78. The molecule has 17 heavy (non-hydrogen) atoms. The first kappa shape index (κ1) is 11.9. The second kappa shape index (κ2) is 4.87. The van der Waals surface area contributed by atoms with Gasteiger partial charge < -0.3 is 9.47 Å². The third-order valence-electron chi connectivity index (χ3n) is 4.80. The second-order valence-electron chi connectivity index (χ2n) is 6.07. The third-order valence-corrected chi connectivity index (χ3v) is 4.80. The highest BCUT2D eigenvalue weighted by Crippen LogP contribution is 2.35. The second-order valence-corrected chi connectivity index (χ2v) is 6.07. The molecule has 2 atom stereocenters. The van der Waals surface area contributed by atoms with Gasteiger partial charge in [0, 0.05) is 32.0 Å². The van der Waals surface area contributed by atoms with Crippen molar-refractivity contribution < 1.29 is 9.47 Å². The van der Waals surface area contributed by atoms with E-state index >= 15 is 0 Å². The molecule has 2 aliphatic heterocycles. The van der Waals surface area contributed by atoms with Gasteiger partial charge in [0.25, 0.3) is 0 Å². The zero-order chi connectivity index (χ0) is 11.7. The highest BCUT2D eigenvalue weighted by atomic mass is 16.7. The summed E-state index contributed by atoms with van der Waals surface area (Å²) in [5, 5.41) is 0. The monoisotopic (exact) mass is 239 g/mol. The van der Waals surface area contributed by atoms with Crippen LogP contribution >= 0.6 is 0 Å². The van der Waals surface area contributed by atoms with Crippen molar-refractivity contribution in [1.82, 2.24) is 4.90 Å². The number of likely N-dealkylation sites (tertiary alicyclic amines) is 1. The Morgan fingerprint density at radius 1 is 1.06 bits per heavy atom. The molecule has 0 aromatic rings. The maximum absolute atomic E-state index is 5.79. The minimum absolute atomic E-state index is 0.198. The molecule has 2 unspecified atom stereocenters. The molecule has 1 spiro atoms. The fourth-order valence-electron chi connectivity index (χ4n) is 3.75. The Morgan fingerprint density at radius 3 is 2.41 bits per heavy atom. The van der Waals surface area contributed by atoms with Crippen molar-refractivity contribution >= 4 is 0 Å². The lowest BCUT2D eigenvalue weighted by Crippen LogP contribution is -2.49. The van der Waals surface area contributed by atoms with Crippen molar-refractivity contribution in [3.63, 3.8) is 0 Å². The van der Waals surface area contributed by atoms with E-state index in [9.17, 15) is 0 Å². The van der Waals surface area contributed by atoms with Crippen LogP contribution in [0.15, 0.2) is 0 Å². The van der Waals surface area contributed by atoms with Gasteiger partial charge >= 0.3 is 0 Å². The van der Waals surface area contributed by atoms with Crippen molar-refractivity contribution in [1.29, 1.82) is 0 Å². The molecule has 0 amide bonds. The van der Waals surface area contributed by atoms with Gasteiger partial charge in [-0.2, -0.15) is 0 Å². The highest BCUT2D eigenvalue weighted by molar-refractivity contribution is 4.87. The summed E-state index contributed by atoms with van der Waals surface area (Å²) < 4.78 is 11.6. The molecule has 3 heteroatoms. The molecular formula is C14H25NO2. The standard InChI is InChI=1S/C14H25NO2/c1-12-3-2-4-13(11-12)15-7-5-14(6-8-15)16-9-10-17-14/h12-13H,2-11H2,1H3. The fraction of sp³-hybridized carbons (Fsp3) is 1.00. The largest absolute Gasteiger partial charge is 0.347 e. The van der Waals surface area contributed by atoms with E-state index in [1.165, 1.54) is 25.7 Å². The van der Waals surface area contributed by atoms with E-state index in [-0.39, 0.29) is 5.79 Å². The molecule has 2 heterocycles. The number of ether oxygens (including phenoxy) is 2. The van der Waals surface area contributed by atoms with Gasteiger partial charge in [-0.1, -0.05) is 19.8 Å². The highest BCUT2D eigenvalue weighted by Gasteiger charge is 2.41. The minimum Gasteiger partial charge on any atom is -0.347 e. The van der Waals surface area contributed by atoms with Gasteiger partial charge in [-0.15, -0.1) is 0 Å². The fourth-order valence-corrected chi connectivity index (χ4v) is 3.75. The smallest absolute Gasteiger partial charge is 0.170 e. The average molecular weight is 239 g/mol. The lowest BCUT2D eigenvalue weighted by molar-refractivity contribution is -0.188. The van der Waals surface area contributed by atoms with Crippen LogP contribution in [0.25, 0.3) is 0 Å². The Balaban J connectivity index is 1.53. The van der Waals surface area contributed by atoms with Crippen LogP contribution in [0.1, 0.15) is 45.4 Å². The van der Waals surface area contributed by atoms with Gasteiger partial charge in [0.2, 0.25) is 0 Å². The van der Waals surface area contributed by atoms with Gasteiger partial charge in [0.15, 0.2) is 5.79 Å². The first-order valence-corrected chi connectivity index (χ1v) is 7.29. The molecular weight excluding hydrogens is 214 g/mol. The zero-order valence-electron chi connectivity index (χ0n) is 11.0. The minimum atomic E-state index is -0.198. The van der Waals surface area contributed by atoms with E-state index in [0.717, 1.165) is 51.1 Å². The number of rotatable bonds is 1. The van der Waals surface area contributed by atoms with Crippen molar-refractivity contribution in [2.75, 3.05) is 26.3 Å². The Labute approximate surface area is 104 Å². The molecule has 0 bridgehead atoms. The normalized spacial score (nSPS) is 38.6. The molecule has 0 aromatic heterocycles. The lowest BCUT2D eigenvalue weighted by atomic mass is 9.85. The summed E-state index contributed by atoms with van der Waals surface area (Å²) in [6, 6.07) is 0.831. The molecule has 98 valence electrons. The van der Waals surface area contributed by atoms with Crippen molar-refractivity contribution in [3.8, 4) is 0 Å². The molecule has 0 N–H and O–H groups in total. The van der Waals surface area contributed by atoms with Crippen LogP contribution in [0, 0.1) is 5.92 Å². The summed E-state index contributed by atoms with van der Waals surface area (Å²) in [6.45, 7) is 6.32. The van der Waals surface area contributed by atoms with Crippen LogP contribution in [0.4, 0.5) is 0 Å². The van der Waals surface area contributed by atoms with Gasteiger partial charge in [-0.3, -0.25) is 4.90 Å². The summed E-state index contributed by atoms with van der Waals surface area (Å²) in [5.74, 6) is 0.722. The molecule has 0 aromatic carbocycles. The summed E-state index contributed by atoms with van der Waals surface area (Å²) in [4.78, 5) is 2.69. The van der Waals surface area contributed by atoms with Gasteiger partial charge in [-0.25, -0.2) is 0 Å². The van der Waals surface area contributed by atoms with E-state index in [1.54, 1.807) is 0 Å². The summed E-state index contributed by atoms with van der Waals surface area (Å²) >= 11 is 0. The molecule has 3 fully saturated rings. The SMILES string of the molecule is CC1CCCC(N2CCC3(CC2)OCCO3)C1. The van der Waals surface area contributed by atoms with E-state index in [1.807, 2.05) is 0 Å². The first-order chi connectivity index (χ1) is 8.27. The number of piperidine rings is 1. The Kier molecular flexibility index (Phi) is 3.42. The van der Waals surface area contributed by atoms with E-state index in [2.05, 4.69) is 11.8 Å². The molecule has 3 nitrogen and oxygen atoms in total. The molecule has 3 aliphatic rings. The van der Waals surface area contributed by atoms with Crippen molar-refractivity contribution in [3.05, 3.63) is 0 Å². The van der Waals surface area contributed by atoms with Crippen molar-refractivity contribution in [2.24, 2.45) is 5.92 Å². The topological polar surface area (TPSA) is 21.7 Å². The van der Waals surface area contributed by atoms with E-state index in [4.69, 9.17) is 9.47 Å². The molecule has 3 rings (SSSR count). The molecule has 2 saturated heterocycles. The van der Waals surface area contributed by atoms with E-state index < -0.39 is 0 Å². The van der Waals surface area contributed by atoms with E-state index in [0.29, 0.717) is 0 Å². The van der Waals surface area contributed by atoms with Gasteiger partial charge in [0.05, 0.1) is 13.2 Å². The Morgan fingerprint density at radius 2 is 1.76 bits per heavy atom. The Hall–Kier alpha value is -0.120. The van der Waals surface area contributed by atoms with Crippen LogP contribution < -0.4 is 0 Å². The third kappa shape index (κ3) is 2.51. The number of hydrogen-bond acceptors (Lipinski definition) is 3. The predicted octanol–water partition coefficient (Wildman–Crippen LogP) is 2.40. The first-order valence-electron chi connectivity index (χ1n) is 7.29. The quantitative estimate of drug-likeness (QED) is 0.701. The lowest BCUT2D eigenvalue weighted by Gasteiger charge is -2.43. The number of nitrogens with zero attached hydrogens (tertiary/aromatic N) is 1. The van der Waals surface area contributed by atoms with Crippen LogP contribution in [0.2, 0.25) is 0 Å². The van der Waals surface area contributed by atoms with Gasteiger partial charge in [-0.05, 0) is 18.8 Å². The molecule has 0 radical (unpaired) electrons. The maximum atomic E-state index is 5.79. The van der Waals surface area contributed by atoms with Crippen LogP contribution in [-0.4, -0.2) is 43.0 Å². The summed E-state index contributed by atoms with van der Waals surface area (Å²) in [7, 11) is 0. The van der Waals surface area contributed by atoms with Crippen molar-refractivity contribution in [2.45, 2.75) is 57.3 Å². The predicted molar refractivity (Wildman–Crippen MR) is 66.9 cm³/mol. The average Bonchev–Trinajstić information content (AvgIpc) is 2.79. The van der Waals surface area contributed by atoms with Crippen LogP contribution in [-0.2, 0) is 9.47 Å². The van der Waals surface area contributed by atoms with Crippen LogP contribution in [0.5, 0.6) is 0 Å². The zero-order valence-corrected chi connectivity index (χ0v) is 11.0. The van der Waals surface area contributed by atoms with Gasteiger partial charge in [0.1, 0.15) is 0 Å².